The number of hydrogen-bond acceptors (Lipinski definition) is 6. The van der Waals surface area contributed by atoms with E-state index in [1.807, 2.05) is 52.0 Å². The molecule has 3 amide bonds. The van der Waals surface area contributed by atoms with Crippen LogP contribution in [-0.2, 0) is 30.3 Å². The zero-order valence-corrected chi connectivity index (χ0v) is 29.3. The lowest BCUT2D eigenvalue weighted by molar-refractivity contribution is -0.157. The van der Waals surface area contributed by atoms with Gasteiger partial charge in [-0.05, 0) is 88.8 Å². The molecular weight excluding hydrogens is 580 g/mol. The Labute approximate surface area is 276 Å². The fourth-order valence-corrected chi connectivity index (χ4v) is 7.40. The van der Waals surface area contributed by atoms with Crippen molar-refractivity contribution in [2.24, 2.45) is 11.8 Å². The van der Waals surface area contributed by atoms with Gasteiger partial charge in [-0.1, -0.05) is 64.5 Å². The van der Waals surface area contributed by atoms with Crippen molar-refractivity contribution in [3.8, 4) is 0 Å². The van der Waals surface area contributed by atoms with Gasteiger partial charge in [0.2, 0.25) is 17.7 Å². The molecule has 0 radical (unpaired) electrons. The third-order valence-electron chi connectivity index (χ3n) is 10.1. The molecule has 0 aromatic heterocycles. The molecule has 0 saturated carbocycles. The summed E-state index contributed by atoms with van der Waals surface area (Å²) in [4.78, 5) is 60.1. The number of likely N-dealkylation sites (tertiary alicyclic amines) is 2. The molecule has 9 heteroatoms. The van der Waals surface area contributed by atoms with Crippen LogP contribution in [-0.4, -0.2) is 88.7 Å². The zero-order chi connectivity index (χ0) is 33.7. The minimum absolute atomic E-state index is 0.0109. The topological polar surface area (TPSA) is 99.3 Å². The number of piperidine rings is 1. The Kier molecular flexibility index (Phi) is 12.1. The second-order valence-electron chi connectivity index (χ2n) is 14.4. The molecule has 2 unspecified atom stereocenters. The molecule has 2 heterocycles. The van der Waals surface area contributed by atoms with Crippen LogP contribution in [0.15, 0.2) is 35.9 Å². The number of fused-ring (bicyclic) bond motifs is 1. The maximum atomic E-state index is 14.0. The van der Waals surface area contributed by atoms with Crippen LogP contribution in [0.25, 0.3) is 0 Å². The number of hydrogen-bond donors (Lipinski definition) is 1. The number of esters is 1. The molecule has 1 aromatic carbocycles. The first-order chi connectivity index (χ1) is 21.8. The van der Waals surface area contributed by atoms with Crippen molar-refractivity contribution in [1.29, 1.82) is 0 Å². The molecule has 1 aromatic rings. The van der Waals surface area contributed by atoms with Gasteiger partial charge in [0.25, 0.3) is 0 Å². The molecule has 3 aliphatic rings. The van der Waals surface area contributed by atoms with Crippen molar-refractivity contribution in [1.82, 2.24) is 20.0 Å². The van der Waals surface area contributed by atoms with Gasteiger partial charge in [0.1, 0.15) is 18.2 Å². The summed E-state index contributed by atoms with van der Waals surface area (Å²) in [6, 6.07) is 6.39. The molecule has 2 saturated heterocycles. The average molecular weight is 637 g/mol. The number of amides is 3. The summed E-state index contributed by atoms with van der Waals surface area (Å²) in [7, 11) is 1.75. The molecule has 0 bridgehead atoms. The highest BCUT2D eigenvalue weighted by molar-refractivity contribution is 5.96. The summed E-state index contributed by atoms with van der Waals surface area (Å²) in [6.45, 7) is 15.3. The summed E-state index contributed by atoms with van der Waals surface area (Å²) < 4.78 is 5.97. The molecule has 0 spiro atoms. The van der Waals surface area contributed by atoms with Gasteiger partial charge >= 0.3 is 5.97 Å². The quantitative estimate of drug-likeness (QED) is 0.270. The van der Waals surface area contributed by atoms with Crippen molar-refractivity contribution in [2.45, 2.75) is 130 Å². The lowest BCUT2D eigenvalue weighted by atomic mass is 9.95. The molecule has 254 valence electrons. The Bertz CT molecular complexity index is 1290. The fourth-order valence-electron chi connectivity index (χ4n) is 7.40. The van der Waals surface area contributed by atoms with Crippen LogP contribution >= 0.6 is 0 Å². The van der Waals surface area contributed by atoms with E-state index in [-0.39, 0.29) is 59.8 Å². The van der Waals surface area contributed by atoms with E-state index in [0.717, 1.165) is 50.6 Å². The Balaban J connectivity index is 1.44. The second kappa shape index (κ2) is 15.6. The number of likely N-dealkylation sites (N-methyl/N-ethyl adjacent to an activating group) is 1. The lowest BCUT2D eigenvalue weighted by Gasteiger charge is -2.39. The van der Waals surface area contributed by atoms with E-state index in [0.29, 0.717) is 18.5 Å². The first-order valence-electron chi connectivity index (χ1n) is 17.4. The Hall–Kier alpha value is -3.20. The molecule has 2 fully saturated rings. The number of rotatable bonds is 11. The predicted molar refractivity (Wildman–Crippen MR) is 180 cm³/mol. The molecule has 46 heavy (non-hydrogen) atoms. The van der Waals surface area contributed by atoms with Gasteiger partial charge in [0, 0.05) is 25.2 Å². The van der Waals surface area contributed by atoms with Gasteiger partial charge in [-0.3, -0.25) is 19.3 Å². The normalized spacial score (nSPS) is 23.4. The van der Waals surface area contributed by atoms with Gasteiger partial charge in [-0.2, -0.15) is 0 Å². The van der Waals surface area contributed by atoms with E-state index in [9.17, 15) is 19.2 Å². The van der Waals surface area contributed by atoms with E-state index in [2.05, 4.69) is 30.1 Å². The van der Waals surface area contributed by atoms with Crippen molar-refractivity contribution in [3.63, 3.8) is 0 Å². The van der Waals surface area contributed by atoms with E-state index >= 15 is 0 Å². The van der Waals surface area contributed by atoms with Gasteiger partial charge < -0.3 is 19.9 Å². The molecule has 2 aliphatic heterocycles. The summed E-state index contributed by atoms with van der Waals surface area (Å²) in [5.41, 5.74) is 2.76. The minimum atomic E-state index is -0.683. The van der Waals surface area contributed by atoms with Crippen molar-refractivity contribution >= 4 is 23.7 Å². The zero-order valence-electron chi connectivity index (χ0n) is 29.3. The van der Waals surface area contributed by atoms with Crippen LogP contribution in [0.3, 0.4) is 0 Å². The van der Waals surface area contributed by atoms with Crippen molar-refractivity contribution < 1.29 is 23.9 Å². The lowest BCUT2D eigenvalue weighted by Crippen LogP contribution is -2.58. The third-order valence-corrected chi connectivity index (χ3v) is 10.1. The van der Waals surface area contributed by atoms with Gasteiger partial charge in [0.15, 0.2) is 0 Å². The summed E-state index contributed by atoms with van der Waals surface area (Å²) in [5, 5.41) is 3.10. The van der Waals surface area contributed by atoms with Crippen LogP contribution in [0.4, 0.5) is 0 Å². The van der Waals surface area contributed by atoms with E-state index in [1.165, 1.54) is 5.56 Å². The summed E-state index contributed by atoms with van der Waals surface area (Å²) >= 11 is 0. The predicted octanol–water partition coefficient (Wildman–Crippen LogP) is 5.04. The Morgan fingerprint density at radius 1 is 0.913 bits per heavy atom. The largest absolute Gasteiger partial charge is 0.456 e. The SMILES string of the molecule is C/C(=C\[C@H](C(C)C)N(C)C(=O)C(NC(=O)C1CCCCN1C(C)C)C(C)C)C(=O)N1CCC[C@H]1C(=O)O[C@H]1CCc2ccccc21. The first kappa shape index (κ1) is 35.7. The first-order valence-corrected chi connectivity index (χ1v) is 17.4. The molecular formula is C37H56N4O5. The van der Waals surface area contributed by atoms with Gasteiger partial charge in [-0.15, -0.1) is 0 Å². The highest BCUT2D eigenvalue weighted by Crippen LogP contribution is 2.35. The Morgan fingerprint density at radius 3 is 2.28 bits per heavy atom. The van der Waals surface area contributed by atoms with Crippen molar-refractivity contribution in [2.75, 3.05) is 20.1 Å². The van der Waals surface area contributed by atoms with Gasteiger partial charge in [-0.25, -0.2) is 4.79 Å². The maximum Gasteiger partial charge on any atom is 0.329 e. The minimum Gasteiger partial charge on any atom is -0.456 e. The Morgan fingerprint density at radius 2 is 1.61 bits per heavy atom. The van der Waals surface area contributed by atoms with Crippen LogP contribution in [0.5, 0.6) is 0 Å². The summed E-state index contributed by atoms with van der Waals surface area (Å²) in [6.07, 6.45) is 7.38. The number of carbonyl (C=O) groups excluding carboxylic acids is 4. The summed E-state index contributed by atoms with van der Waals surface area (Å²) in [5.74, 6) is -0.931. The maximum absolute atomic E-state index is 14.0. The fraction of sp³-hybridized carbons (Fsp3) is 0.676. The smallest absolute Gasteiger partial charge is 0.329 e. The number of carbonyl (C=O) groups is 4. The number of benzene rings is 1. The number of nitrogens with zero attached hydrogens (tertiary/aromatic N) is 3. The van der Waals surface area contributed by atoms with E-state index in [1.54, 1.807) is 23.8 Å². The molecule has 5 atom stereocenters. The number of ether oxygens (including phenoxy) is 1. The average Bonchev–Trinajstić information content (AvgIpc) is 3.68. The van der Waals surface area contributed by atoms with Gasteiger partial charge in [0.05, 0.1) is 12.1 Å². The van der Waals surface area contributed by atoms with Crippen LogP contribution in [0.1, 0.15) is 104 Å². The monoisotopic (exact) mass is 636 g/mol. The molecule has 9 nitrogen and oxygen atoms in total. The molecule has 1 N–H and O–H groups in total. The number of aryl methyl sites for hydroxylation is 1. The van der Waals surface area contributed by atoms with Crippen molar-refractivity contribution in [3.05, 3.63) is 47.0 Å². The highest BCUT2D eigenvalue weighted by Gasteiger charge is 2.39. The van der Waals surface area contributed by atoms with Crippen LogP contribution in [0.2, 0.25) is 0 Å². The van der Waals surface area contributed by atoms with Crippen LogP contribution in [0, 0.1) is 11.8 Å². The molecule has 4 rings (SSSR count). The standard InChI is InChI=1S/C37H56N4O5/c1-23(2)31(39(8)36(44)33(24(3)4)38-34(42)29-16-11-12-20-40(29)25(5)6)22-26(7)35(43)41-21-13-17-30(41)37(45)46-32-19-18-27-14-9-10-15-28(27)32/h9-10,14-15,22-25,29-33H,11-13,16-21H2,1-8H3,(H,38,42)/b26-22+/t29?,30-,31+,32-,33?/m0/s1. The highest BCUT2D eigenvalue weighted by atomic mass is 16.5. The number of nitrogens with one attached hydrogen (secondary N) is 1. The third kappa shape index (κ3) is 8.01. The van der Waals surface area contributed by atoms with E-state index in [4.69, 9.17) is 4.74 Å². The van der Waals surface area contributed by atoms with Crippen LogP contribution < -0.4 is 5.32 Å². The molecule has 1 aliphatic carbocycles. The second-order valence-corrected chi connectivity index (χ2v) is 14.4. The van der Waals surface area contributed by atoms with E-state index < -0.39 is 12.1 Å².